The zero-order valence-electron chi connectivity index (χ0n) is 9.44. The lowest BCUT2D eigenvalue weighted by Crippen LogP contribution is -2.51. The Hall–Kier alpha value is -1.69. The largest absolute Gasteiger partial charge is 0.497 e. The molecule has 2 N–H and O–H groups in total. The van der Waals surface area contributed by atoms with E-state index in [0.717, 1.165) is 7.11 Å². The molecule has 0 aliphatic carbocycles. The van der Waals surface area contributed by atoms with Gasteiger partial charge in [0.1, 0.15) is 5.75 Å². The molecule has 1 atom stereocenters. The summed E-state index contributed by atoms with van der Waals surface area (Å²) in [5.41, 5.74) is 2.96. The fourth-order valence-electron chi connectivity index (χ4n) is 1.37. The zero-order valence-corrected chi connectivity index (χ0v) is 9.44. The van der Waals surface area contributed by atoms with E-state index in [0.29, 0.717) is 5.75 Å². The summed E-state index contributed by atoms with van der Waals surface area (Å²) in [7, 11) is 2.45. The standard InChI is InChI=1S/C11H13F2NO3/c1-16-8-5-3-7(4-6-8)11(14,9(12)13)10(15)17-2/h3-6,9H,14H2,1-2H3. The lowest BCUT2D eigenvalue weighted by Gasteiger charge is -2.25. The van der Waals surface area contributed by atoms with Crippen molar-refractivity contribution in [2.24, 2.45) is 5.73 Å². The number of rotatable bonds is 4. The van der Waals surface area contributed by atoms with E-state index in [1.165, 1.54) is 31.4 Å². The molecule has 0 radical (unpaired) electrons. The molecule has 17 heavy (non-hydrogen) atoms. The summed E-state index contributed by atoms with van der Waals surface area (Å²) < 4.78 is 35.1. The molecule has 0 saturated carbocycles. The number of esters is 1. The van der Waals surface area contributed by atoms with Crippen LogP contribution in [0.4, 0.5) is 8.78 Å². The number of methoxy groups -OCH3 is 2. The first-order chi connectivity index (χ1) is 7.96. The average molecular weight is 245 g/mol. The Labute approximate surface area is 97.3 Å². The molecule has 0 aromatic heterocycles. The summed E-state index contributed by atoms with van der Waals surface area (Å²) in [6.07, 6.45) is -3.07. The van der Waals surface area contributed by atoms with Gasteiger partial charge in [0, 0.05) is 0 Å². The number of hydrogen-bond donors (Lipinski definition) is 1. The third-order valence-electron chi connectivity index (χ3n) is 2.44. The van der Waals surface area contributed by atoms with Gasteiger partial charge in [0.25, 0.3) is 6.43 Å². The van der Waals surface area contributed by atoms with Gasteiger partial charge in [0.05, 0.1) is 14.2 Å². The molecule has 0 spiro atoms. The van der Waals surface area contributed by atoms with Crippen molar-refractivity contribution in [3.05, 3.63) is 29.8 Å². The Kier molecular flexibility index (Phi) is 4.01. The lowest BCUT2D eigenvalue weighted by molar-refractivity contribution is -0.154. The van der Waals surface area contributed by atoms with Crippen molar-refractivity contribution >= 4 is 5.97 Å². The fourth-order valence-corrected chi connectivity index (χ4v) is 1.37. The van der Waals surface area contributed by atoms with Crippen LogP contribution in [0, 0.1) is 0 Å². The van der Waals surface area contributed by atoms with E-state index in [4.69, 9.17) is 10.5 Å². The quantitative estimate of drug-likeness (QED) is 0.812. The van der Waals surface area contributed by atoms with Crippen molar-refractivity contribution in [2.45, 2.75) is 12.0 Å². The molecule has 0 amide bonds. The molecular formula is C11H13F2NO3. The van der Waals surface area contributed by atoms with Crippen LogP contribution in [0.15, 0.2) is 24.3 Å². The number of hydrogen-bond acceptors (Lipinski definition) is 4. The second-order valence-corrected chi connectivity index (χ2v) is 3.39. The number of alkyl halides is 2. The molecule has 4 nitrogen and oxygen atoms in total. The number of halogens is 2. The summed E-state index contributed by atoms with van der Waals surface area (Å²) in [5, 5.41) is 0. The molecule has 6 heteroatoms. The van der Waals surface area contributed by atoms with Gasteiger partial charge in [-0.15, -0.1) is 0 Å². The molecular weight excluding hydrogens is 232 g/mol. The van der Waals surface area contributed by atoms with E-state index < -0.39 is 17.9 Å². The molecule has 1 aromatic rings. The third kappa shape index (κ3) is 2.36. The van der Waals surface area contributed by atoms with Crippen molar-refractivity contribution in [3.8, 4) is 5.75 Å². The minimum atomic E-state index is -3.07. The summed E-state index contributed by atoms with van der Waals surface area (Å²) in [4.78, 5) is 11.4. The highest BCUT2D eigenvalue weighted by Gasteiger charge is 2.46. The molecule has 0 fully saturated rings. The number of benzene rings is 1. The molecule has 0 aliphatic heterocycles. The third-order valence-corrected chi connectivity index (χ3v) is 2.44. The Morgan fingerprint density at radius 2 is 1.82 bits per heavy atom. The molecule has 1 rings (SSSR count). The minimum Gasteiger partial charge on any atom is -0.497 e. The van der Waals surface area contributed by atoms with Crippen molar-refractivity contribution in [1.82, 2.24) is 0 Å². The van der Waals surface area contributed by atoms with Crippen molar-refractivity contribution < 1.29 is 23.0 Å². The van der Waals surface area contributed by atoms with Gasteiger partial charge >= 0.3 is 5.97 Å². The van der Waals surface area contributed by atoms with Gasteiger partial charge < -0.3 is 15.2 Å². The number of ether oxygens (including phenoxy) is 2. The average Bonchev–Trinajstić information content (AvgIpc) is 2.36. The number of carbonyl (C=O) groups excluding carboxylic acids is 1. The van der Waals surface area contributed by atoms with Gasteiger partial charge in [-0.3, -0.25) is 0 Å². The first-order valence-electron chi connectivity index (χ1n) is 4.76. The minimum absolute atomic E-state index is 0.0276. The summed E-state index contributed by atoms with van der Waals surface area (Å²) >= 11 is 0. The molecule has 1 aromatic carbocycles. The van der Waals surface area contributed by atoms with Crippen LogP contribution in [-0.2, 0) is 15.1 Å². The first kappa shape index (κ1) is 13.4. The molecule has 94 valence electrons. The molecule has 0 saturated heterocycles. The van der Waals surface area contributed by atoms with Crippen LogP contribution in [0.2, 0.25) is 0 Å². The highest BCUT2D eigenvalue weighted by Crippen LogP contribution is 2.28. The van der Waals surface area contributed by atoms with Gasteiger partial charge in [0.15, 0.2) is 0 Å². The van der Waals surface area contributed by atoms with Crippen molar-refractivity contribution in [3.63, 3.8) is 0 Å². The highest BCUT2D eigenvalue weighted by molar-refractivity contribution is 5.83. The number of nitrogens with two attached hydrogens (primary N) is 1. The van der Waals surface area contributed by atoms with E-state index in [-0.39, 0.29) is 5.56 Å². The molecule has 0 heterocycles. The van der Waals surface area contributed by atoms with Crippen LogP contribution in [0.3, 0.4) is 0 Å². The van der Waals surface area contributed by atoms with Crippen LogP contribution < -0.4 is 10.5 Å². The van der Waals surface area contributed by atoms with Gasteiger partial charge in [-0.05, 0) is 17.7 Å². The van der Waals surface area contributed by atoms with E-state index in [9.17, 15) is 13.6 Å². The van der Waals surface area contributed by atoms with E-state index in [2.05, 4.69) is 4.74 Å². The molecule has 0 aliphatic rings. The van der Waals surface area contributed by atoms with Crippen LogP contribution in [0.1, 0.15) is 5.56 Å². The van der Waals surface area contributed by atoms with Crippen LogP contribution in [0.5, 0.6) is 5.75 Å². The fraction of sp³-hybridized carbons (Fsp3) is 0.364. The zero-order chi connectivity index (χ0) is 13.1. The SMILES string of the molecule is COC(=O)C(N)(c1ccc(OC)cc1)C(F)F. The van der Waals surface area contributed by atoms with Gasteiger partial charge in [-0.1, -0.05) is 12.1 Å². The maximum absolute atomic E-state index is 12.9. The Morgan fingerprint density at radius 3 is 2.18 bits per heavy atom. The summed E-state index contributed by atoms with van der Waals surface area (Å²) in [6, 6.07) is 5.51. The highest BCUT2D eigenvalue weighted by atomic mass is 19.3. The second-order valence-electron chi connectivity index (χ2n) is 3.39. The smallest absolute Gasteiger partial charge is 0.336 e. The van der Waals surface area contributed by atoms with Gasteiger partial charge in [-0.2, -0.15) is 0 Å². The van der Waals surface area contributed by atoms with Crippen LogP contribution in [-0.4, -0.2) is 26.6 Å². The van der Waals surface area contributed by atoms with E-state index >= 15 is 0 Å². The normalized spacial score (nSPS) is 14.2. The van der Waals surface area contributed by atoms with Gasteiger partial charge in [-0.25, -0.2) is 13.6 Å². The lowest BCUT2D eigenvalue weighted by atomic mass is 9.91. The maximum atomic E-state index is 12.9. The van der Waals surface area contributed by atoms with Crippen molar-refractivity contribution in [1.29, 1.82) is 0 Å². The Balaban J connectivity index is 3.18. The summed E-state index contributed by atoms with van der Waals surface area (Å²) in [6.45, 7) is 0. The predicted molar refractivity (Wildman–Crippen MR) is 56.9 cm³/mol. The Morgan fingerprint density at radius 1 is 1.29 bits per heavy atom. The van der Waals surface area contributed by atoms with Gasteiger partial charge in [0.2, 0.25) is 5.54 Å². The Bertz CT molecular complexity index is 394. The van der Waals surface area contributed by atoms with Crippen LogP contribution in [0.25, 0.3) is 0 Å². The van der Waals surface area contributed by atoms with E-state index in [1.807, 2.05) is 0 Å². The predicted octanol–water partition coefficient (Wildman–Crippen LogP) is 1.29. The molecule has 1 unspecified atom stereocenters. The summed E-state index contributed by atoms with van der Waals surface area (Å²) in [5.74, 6) is -0.701. The van der Waals surface area contributed by atoms with E-state index in [1.54, 1.807) is 0 Å². The van der Waals surface area contributed by atoms with Crippen LogP contribution >= 0.6 is 0 Å². The first-order valence-corrected chi connectivity index (χ1v) is 4.76. The number of carbonyl (C=O) groups is 1. The molecule has 0 bridgehead atoms. The van der Waals surface area contributed by atoms with Crippen molar-refractivity contribution in [2.75, 3.05) is 14.2 Å². The topological polar surface area (TPSA) is 61.5 Å². The monoisotopic (exact) mass is 245 g/mol. The maximum Gasteiger partial charge on any atom is 0.336 e. The second kappa shape index (κ2) is 5.09.